The summed E-state index contributed by atoms with van der Waals surface area (Å²) < 4.78 is 14.7. The number of nitrogens with zero attached hydrogens (tertiary/aromatic N) is 3. The van der Waals surface area contributed by atoms with Crippen molar-refractivity contribution in [2.75, 3.05) is 32.0 Å². The van der Waals surface area contributed by atoms with Crippen LogP contribution in [0.25, 0.3) is 5.69 Å². The number of hydrogen-bond acceptors (Lipinski definition) is 4. The second kappa shape index (κ2) is 8.30. The van der Waals surface area contributed by atoms with Gasteiger partial charge in [0.05, 0.1) is 17.9 Å². The van der Waals surface area contributed by atoms with Gasteiger partial charge >= 0.3 is 0 Å². The molecule has 0 spiro atoms. The zero-order valence-corrected chi connectivity index (χ0v) is 15.5. The average molecular weight is 373 g/mol. The minimum Gasteiger partial charge on any atom is -0.359 e. The summed E-state index contributed by atoms with van der Waals surface area (Å²) in [4.78, 5) is 26.2. The number of likely N-dealkylation sites (tertiary alicyclic amines) is 1. The first kappa shape index (κ1) is 19.0. The fourth-order valence-corrected chi connectivity index (χ4v) is 3.31. The monoisotopic (exact) mass is 373 g/mol. The molecule has 2 N–H and O–H groups in total. The van der Waals surface area contributed by atoms with Gasteiger partial charge in [-0.2, -0.15) is 5.10 Å². The number of rotatable bonds is 5. The standard InChI is InChI=1S/C19H24FN5O2/c1-13-11-17(25(23-13)16-5-3-15(20)4-6-16)22-18(26)12-24-9-7-14(8-10-24)19(27)21-2/h3-6,11,14H,7-10,12H2,1-2H3,(H,21,27)(H,22,26). The summed E-state index contributed by atoms with van der Waals surface area (Å²) in [5, 5.41) is 9.93. The largest absolute Gasteiger partial charge is 0.359 e. The van der Waals surface area contributed by atoms with Crippen LogP contribution in [-0.2, 0) is 9.59 Å². The maximum atomic E-state index is 13.1. The van der Waals surface area contributed by atoms with Crippen molar-refractivity contribution in [1.82, 2.24) is 20.0 Å². The lowest BCUT2D eigenvalue weighted by atomic mass is 9.96. The van der Waals surface area contributed by atoms with Crippen molar-refractivity contribution >= 4 is 17.6 Å². The third-order valence-corrected chi connectivity index (χ3v) is 4.74. The fraction of sp³-hybridized carbons (Fsp3) is 0.421. The Morgan fingerprint density at radius 1 is 1.22 bits per heavy atom. The minimum atomic E-state index is -0.326. The van der Waals surface area contributed by atoms with Crippen molar-refractivity contribution in [2.45, 2.75) is 19.8 Å². The van der Waals surface area contributed by atoms with Crippen molar-refractivity contribution < 1.29 is 14.0 Å². The predicted octanol–water partition coefficient (Wildman–Crippen LogP) is 1.72. The number of aromatic nitrogens is 2. The molecule has 1 aliphatic heterocycles. The van der Waals surface area contributed by atoms with Gasteiger partial charge in [-0.05, 0) is 57.1 Å². The van der Waals surface area contributed by atoms with Gasteiger partial charge in [0, 0.05) is 19.0 Å². The summed E-state index contributed by atoms with van der Waals surface area (Å²) in [5.74, 6) is 0.170. The highest BCUT2D eigenvalue weighted by molar-refractivity contribution is 5.91. The number of anilines is 1. The van der Waals surface area contributed by atoms with E-state index in [0.717, 1.165) is 18.5 Å². The second-order valence-electron chi connectivity index (χ2n) is 6.77. The van der Waals surface area contributed by atoms with E-state index >= 15 is 0 Å². The minimum absolute atomic E-state index is 0.0249. The van der Waals surface area contributed by atoms with Gasteiger partial charge in [-0.3, -0.25) is 14.5 Å². The number of benzene rings is 1. The molecule has 144 valence electrons. The van der Waals surface area contributed by atoms with Gasteiger partial charge < -0.3 is 10.6 Å². The molecule has 2 heterocycles. The number of piperidine rings is 1. The fourth-order valence-electron chi connectivity index (χ4n) is 3.31. The summed E-state index contributed by atoms with van der Waals surface area (Å²) in [6, 6.07) is 7.71. The van der Waals surface area contributed by atoms with E-state index in [-0.39, 0.29) is 30.1 Å². The summed E-state index contributed by atoms with van der Waals surface area (Å²) in [6.07, 6.45) is 1.50. The molecule has 2 aromatic rings. The molecule has 27 heavy (non-hydrogen) atoms. The van der Waals surface area contributed by atoms with Crippen LogP contribution in [0.5, 0.6) is 0 Å². The number of nitrogens with one attached hydrogen (secondary N) is 2. The molecular formula is C19H24FN5O2. The van der Waals surface area contributed by atoms with Gasteiger partial charge in [-0.15, -0.1) is 0 Å². The van der Waals surface area contributed by atoms with Gasteiger partial charge in [-0.1, -0.05) is 0 Å². The van der Waals surface area contributed by atoms with Crippen LogP contribution in [0.3, 0.4) is 0 Å². The lowest BCUT2D eigenvalue weighted by Crippen LogP contribution is -2.42. The van der Waals surface area contributed by atoms with Crippen molar-refractivity contribution in [3.8, 4) is 5.69 Å². The summed E-state index contributed by atoms with van der Waals surface area (Å²) in [5.41, 5.74) is 1.42. The van der Waals surface area contributed by atoms with Crippen molar-refractivity contribution in [1.29, 1.82) is 0 Å². The zero-order valence-electron chi connectivity index (χ0n) is 15.5. The molecule has 7 nitrogen and oxygen atoms in total. The Balaban J connectivity index is 1.60. The van der Waals surface area contributed by atoms with Crippen LogP contribution in [0.2, 0.25) is 0 Å². The quantitative estimate of drug-likeness (QED) is 0.836. The molecule has 1 aromatic heterocycles. The first-order valence-electron chi connectivity index (χ1n) is 9.02. The number of hydrogen-bond donors (Lipinski definition) is 2. The number of carbonyl (C=O) groups is 2. The summed E-state index contributed by atoms with van der Waals surface area (Å²) in [6.45, 7) is 3.51. The highest BCUT2D eigenvalue weighted by atomic mass is 19.1. The lowest BCUT2D eigenvalue weighted by Gasteiger charge is -2.30. The molecule has 3 rings (SSSR count). The van der Waals surface area contributed by atoms with Crippen LogP contribution in [-0.4, -0.2) is 53.2 Å². The topological polar surface area (TPSA) is 79.3 Å². The van der Waals surface area contributed by atoms with E-state index < -0.39 is 0 Å². The third kappa shape index (κ3) is 4.71. The van der Waals surface area contributed by atoms with Crippen molar-refractivity contribution in [3.05, 3.63) is 41.8 Å². The third-order valence-electron chi connectivity index (χ3n) is 4.74. The molecule has 0 radical (unpaired) electrons. The van der Waals surface area contributed by atoms with Gasteiger partial charge in [0.25, 0.3) is 0 Å². The van der Waals surface area contributed by atoms with Crippen LogP contribution in [0.4, 0.5) is 10.2 Å². The van der Waals surface area contributed by atoms with Crippen LogP contribution in [0, 0.1) is 18.7 Å². The normalized spacial score (nSPS) is 15.5. The number of aryl methyl sites for hydroxylation is 1. The van der Waals surface area contributed by atoms with Gasteiger partial charge in [0.2, 0.25) is 11.8 Å². The lowest BCUT2D eigenvalue weighted by molar-refractivity contribution is -0.126. The highest BCUT2D eigenvalue weighted by Gasteiger charge is 2.25. The van der Waals surface area contributed by atoms with E-state index in [9.17, 15) is 14.0 Å². The van der Waals surface area contributed by atoms with Gasteiger partial charge in [0.1, 0.15) is 11.6 Å². The maximum Gasteiger partial charge on any atom is 0.239 e. The highest BCUT2D eigenvalue weighted by Crippen LogP contribution is 2.19. The SMILES string of the molecule is CNC(=O)C1CCN(CC(=O)Nc2cc(C)nn2-c2ccc(F)cc2)CC1. The Bertz CT molecular complexity index is 810. The molecule has 1 fully saturated rings. The summed E-state index contributed by atoms with van der Waals surface area (Å²) in [7, 11) is 1.65. The Hall–Kier alpha value is -2.74. The molecule has 0 unspecified atom stereocenters. The molecule has 0 bridgehead atoms. The maximum absolute atomic E-state index is 13.1. The van der Waals surface area contributed by atoms with E-state index in [2.05, 4.69) is 15.7 Å². The predicted molar refractivity (Wildman–Crippen MR) is 100 cm³/mol. The van der Waals surface area contributed by atoms with E-state index in [1.54, 1.807) is 29.9 Å². The molecule has 0 aliphatic carbocycles. The van der Waals surface area contributed by atoms with E-state index in [1.807, 2.05) is 11.8 Å². The first-order valence-corrected chi connectivity index (χ1v) is 9.02. The summed E-state index contributed by atoms with van der Waals surface area (Å²) >= 11 is 0. The molecule has 1 aromatic carbocycles. The Morgan fingerprint density at radius 3 is 2.52 bits per heavy atom. The zero-order chi connectivity index (χ0) is 19.4. The smallest absolute Gasteiger partial charge is 0.239 e. The number of carbonyl (C=O) groups excluding carboxylic acids is 2. The van der Waals surface area contributed by atoms with Crippen molar-refractivity contribution in [3.63, 3.8) is 0 Å². The molecule has 8 heteroatoms. The number of halogens is 1. The van der Waals surface area contributed by atoms with Gasteiger partial charge in [-0.25, -0.2) is 9.07 Å². The van der Waals surface area contributed by atoms with Crippen LogP contribution in [0.15, 0.2) is 30.3 Å². The van der Waals surface area contributed by atoms with Crippen LogP contribution < -0.4 is 10.6 Å². The van der Waals surface area contributed by atoms with Gasteiger partial charge in [0.15, 0.2) is 0 Å². The van der Waals surface area contributed by atoms with Crippen LogP contribution in [0.1, 0.15) is 18.5 Å². The second-order valence-corrected chi connectivity index (χ2v) is 6.77. The molecule has 0 atom stereocenters. The molecule has 2 amide bonds. The average Bonchev–Trinajstić information content (AvgIpc) is 3.02. The Kier molecular flexibility index (Phi) is 5.85. The van der Waals surface area contributed by atoms with E-state index in [1.165, 1.54) is 12.1 Å². The first-order chi connectivity index (χ1) is 13.0. The molecule has 1 aliphatic rings. The van der Waals surface area contributed by atoms with E-state index in [4.69, 9.17) is 0 Å². The molecular weight excluding hydrogens is 349 g/mol. The molecule has 0 saturated carbocycles. The van der Waals surface area contributed by atoms with Crippen molar-refractivity contribution in [2.24, 2.45) is 5.92 Å². The Morgan fingerprint density at radius 2 is 1.89 bits per heavy atom. The van der Waals surface area contributed by atoms with Crippen LogP contribution >= 0.6 is 0 Å². The Labute approximate surface area is 157 Å². The number of amides is 2. The molecule has 1 saturated heterocycles. The van der Waals surface area contributed by atoms with E-state index in [0.29, 0.717) is 24.6 Å².